The lowest BCUT2D eigenvalue weighted by atomic mass is 9.85. The predicted molar refractivity (Wildman–Crippen MR) is 73.3 cm³/mol. The highest BCUT2D eigenvalue weighted by atomic mass is 19.4. The maximum Gasteiger partial charge on any atom is 0.425 e. The van der Waals surface area contributed by atoms with Crippen LogP contribution in [0.1, 0.15) is 16.7 Å². The number of halogens is 3. The summed E-state index contributed by atoms with van der Waals surface area (Å²) in [7, 11) is 0. The van der Waals surface area contributed by atoms with Gasteiger partial charge in [-0.25, -0.2) is 0 Å². The molecule has 2 rings (SSSR count). The van der Waals surface area contributed by atoms with Crippen molar-refractivity contribution in [3.05, 3.63) is 75.3 Å². The van der Waals surface area contributed by atoms with Crippen molar-refractivity contribution in [2.24, 2.45) is 0 Å². The molecule has 1 N–H and O–H groups in total. The van der Waals surface area contributed by atoms with Gasteiger partial charge in [-0.15, -0.1) is 0 Å². The molecular weight excluding hydrogens is 299 g/mol. The molecule has 0 amide bonds. The Balaban J connectivity index is 2.62. The lowest BCUT2D eigenvalue weighted by Crippen LogP contribution is -2.43. The van der Waals surface area contributed by atoms with Crippen LogP contribution in [0.5, 0.6) is 0 Å². The summed E-state index contributed by atoms with van der Waals surface area (Å²) in [4.78, 5) is 9.88. The van der Waals surface area contributed by atoms with E-state index in [1.54, 1.807) is 13.0 Å². The van der Waals surface area contributed by atoms with Gasteiger partial charge in [-0.2, -0.15) is 13.2 Å². The minimum atomic E-state index is -4.98. The van der Waals surface area contributed by atoms with Crippen molar-refractivity contribution in [1.82, 2.24) is 0 Å². The second-order valence-electron chi connectivity index (χ2n) is 4.88. The van der Waals surface area contributed by atoms with E-state index in [4.69, 9.17) is 0 Å². The minimum Gasteiger partial charge on any atom is -0.372 e. The summed E-state index contributed by atoms with van der Waals surface area (Å²) in [6, 6.07) is 9.10. The normalized spacial score (nSPS) is 14.4. The van der Waals surface area contributed by atoms with Crippen LogP contribution in [0.2, 0.25) is 0 Å². The second kappa shape index (κ2) is 5.42. The lowest BCUT2D eigenvalue weighted by molar-refractivity contribution is -0.384. The smallest absolute Gasteiger partial charge is 0.372 e. The molecule has 0 aromatic heterocycles. The van der Waals surface area contributed by atoms with Crippen LogP contribution in [0.4, 0.5) is 18.9 Å². The number of hydrogen-bond acceptors (Lipinski definition) is 3. The first-order valence-corrected chi connectivity index (χ1v) is 6.27. The van der Waals surface area contributed by atoms with Gasteiger partial charge in [-0.05, 0) is 30.2 Å². The zero-order valence-corrected chi connectivity index (χ0v) is 11.5. The van der Waals surface area contributed by atoms with Crippen LogP contribution < -0.4 is 0 Å². The first-order chi connectivity index (χ1) is 10.2. The number of aliphatic hydroxyl groups is 1. The fraction of sp³-hybridized carbons (Fsp3) is 0.200. The number of alkyl halides is 3. The number of nitro groups is 1. The molecule has 0 radical (unpaired) electrons. The third kappa shape index (κ3) is 2.67. The number of aryl methyl sites for hydroxylation is 1. The minimum absolute atomic E-state index is 0.339. The Bertz CT molecular complexity index is 698. The third-order valence-corrected chi connectivity index (χ3v) is 3.34. The molecule has 1 atom stereocenters. The van der Waals surface area contributed by atoms with Crippen molar-refractivity contribution < 1.29 is 23.2 Å². The van der Waals surface area contributed by atoms with E-state index in [2.05, 4.69) is 0 Å². The number of non-ortho nitro benzene ring substituents is 1. The average molecular weight is 311 g/mol. The summed E-state index contributed by atoms with van der Waals surface area (Å²) in [6.07, 6.45) is -4.98. The fourth-order valence-corrected chi connectivity index (χ4v) is 2.19. The second-order valence-corrected chi connectivity index (χ2v) is 4.88. The Morgan fingerprint density at radius 1 is 1.05 bits per heavy atom. The summed E-state index contributed by atoms with van der Waals surface area (Å²) in [5.74, 6) is 0. The number of rotatable bonds is 3. The Morgan fingerprint density at radius 2 is 1.64 bits per heavy atom. The summed E-state index contributed by atoms with van der Waals surface area (Å²) in [5, 5.41) is 20.9. The zero-order valence-electron chi connectivity index (χ0n) is 11.5. The fourth-order valence-electron chi connectivity index (χ4n) is 2.19. The van der Waals surface area contributed by atoms with E-state index in [1.165, 1.54) is 18.2 Å². The average Bonchev–Trinajstić information content (AvgIpc) is 2.45. The highest BCUT2D eigenvalue weighted by Gasteiger charge is 2.56. The van der Waals surface area contributed by atoms with E-state index < -0.39 is 22.3 Å². The van der Waals surface area contributed by atoms with Crippen LogP contribution in [0.25, 0.3) is 0 Å². The molecule has 1 unspecified atom stereocenters. The lowest BCUT2D eigenvalue weighted by Gasteiger charge is -2.31. The Labute approximate surface area is 124 Å². The van der Waals surface area contributed by atoms with Crippen LogP contribution in [0, 0.1) is 17.0 Å². The predicted octanol–water partition coefficient (Wildman–Crippen LogP) is 3.70. The largest absolute Gasteiger partial charge is 0.425 e. The Hall–Kier alpha value is -2.41. The number of hydrogen-bond donors (Lipinski definition) is 1. The van der Waals surface area contributed by atoms with Crippen molar-refractivity contribution in [1.29, 1.82) is 0 Å². The molecule has 0 saturated heterocycles. The Kier molecular flexibility index (Phi) is 3.93. The number of nitrogens with zero attached hydrogens (tertiary/aromatic N) is 1. The summed E-state index contributed by atoms with van der Waals surface area (Å²) < 4.78 is 40.4. The molecule has 0 aliphatic rings. The van der Waals surface area contributed by atoms with Crippen LogP contribution in [-0.2, 0) is 5.60 Å². The van der Waals surface area contributed by atoms with Gasteiger partial charge in [0.25, 0.3) is 5.69 Å². The van der Waals surface area contributed by atoms with Crippen molar-refractivity contribution >= 4 is 5.69 Å². The van der Waals surface area contributed by atoms with Crippen molar-refractivity contribution in [3.63, 3.8) is 0 Å². The Morgan fingerprint density at radius 3 is 2.09 bits per heavy atom. The molecule has 0 aliphatic carbocycles. The molecular formula is C15H12F3NO3. The quantitative estimate of drug-likeness (QED) is 0.694. The van der Waals surface area contributed by atoms with Gasteiger partial charge in [0, 0.05) is 12.1 Å². The van der Waals surface area contributed by atoms with Crippen LogP contribution in [0.3, 0.4) is 0 Å². The molecule has 0 aliphatic heterocycles. The molecule has 0 heterocycles. The zero-order chi connectivity index (χ0) is 16.5. The van der Waals surface area contributed by atoms with Gasteiger partial charge >= 0.3 is 6.18 Å². The number of benzene rings is 2. The first kappa shape index (κ1) is 16.0. The van der Waals surface area contributed by atoms with Crippen molar-refractivity contribution in [2.75, 3.05) is 0 Å². The van der Waals surface area contributed by atoms with Crippen molar-refractivity contribution in [2.45, 2.75) is 18.7 Å². The summed E-state index contributed by atoms with van der Waals surface area (Å²) >= 11 is 0. The topological polar surface area (TPSA) is 63.4 Å². The molecule has 2 aromatic carbocycles. The van der Waals surface area contributed by atoms with Gasteiger partial charge in [-0.3, -0.25) is 10.1 Å². The van der Waals surface area contributed by atoms with E-state index >= 15 is 0 Å². The molecule has 4 nitrogen and oxygen atoms in total. The molecule has 116 valence electrons. The van der Waals surface area contributed by atoms with E-state index in [-0.39, 0.29) is 11.3 Å². The van der Waals surface area contributed by atoms with Crippen molar-refractivity contribution in [3.8, 4) is 0 Å². The molecule has 0 spiro atoms. The molecule has 7 heteroatoms. The summed E-state index contributed by atoms with van der Waals surface area (Å²) in [5.41, 5.74) is -3.83. The van der Waals surface area contributed by atoms with Gasteiger partial charge < -0.3 is 5.11 Å². The molecule has 0 bridgehead atoms. The van der Waals surface area contributed by atoms with Crippen LogP contribution in [0.15, 0.2) is 48.5 Å². The van der Waals surface area contributed by atoms with Gasteiger partial charge in [0.1, 0.15) is 0 Å². The van der Waals surface area contributed by atoms with E-state index in [0.29, 0.717) is 5.56 Å². The van der Waals surface area contributed by atoms with E-state index in [0.717, 1.165) is 24.3 Å². The molecule has 22 heavy (non-hydrogen) atoms. The van der Waals surface area contributed by atoms with E-state index in [9.17, 15) is 28.4 Å². The van der Waals surface area contributed by atoms with Gasteiger partial charge in [0.15, 0.2) is 0 Å². The van der Waals surface area contributed by atoms with Crippen LogP contribution in [-0.4, -0.2) is 16.2 Å². The van der Waals surface area contributed by atoms with E-state index in [1.807, 2.05) is 0 Å². The first-order valence-electron chi connectivity index (χ1n) is 6.27. The van der Waals surface area contributed by atoms with Gasteiger partial charge in [-0.1, -0.05) is 29.8 Å². The summed E-state index contributed by atoms with van der Waals surface area (Å²) in [6.45, 7) is 1.61. The van der Waals surface area contributed by atoms with Gasteiger partial charge in [0.2, 0.25) is 5.60 Å². The maximum atomic E-state index is 13.5. The molecule has 0 fully saturated rings. The highest BCUT2D eigenvalue weighted by Crippen LogP contribution is 2.44. The SMILES string of the molecule is Cc1cccc(C(O)(c2ccc([N+](=O)[O-])cc2)C(F)(F)F)c1. The monoisotopic (exact) mass is 311 g/mol. The highest BCUT2D eigenvalue weighted by molar-refractivity contribution is 5.43. The number of nitro benzene ring substituents is 1. The van der Waals surface area contributed by atoms with Gasteiger partial charge in [0.05, 0.1) is 4.92 Å². The maximum absolute atomic E-state index is 13.5. The standard InChI is InChI=1S/C15H12F3NO3/c1-10-3-2-4-12(9-10)14(20,15(16,17)18)11-5-7-13(8-6-11)19(21)22/h2-9,20H,1H3. The molecule has 0 saturated carbocycles. The molecule has 2 aromatic rings. The third-order valence-electron chi connectivity index (χ3n) is 3.34. The van der Waals surface area contributed by atoms with Crippen LogP contribution >= 0.6 is 0 Å².